The topological polar surface area (TPSA) is 25.8 Å². The summed E-state index contributed by atoms with van der Waals surface area (Å²) in [5.74, 6) is 0. The molecular formula is C4Cl2N2S2. The van der Waals surface area contributed by atoms with Gasteiger partial charge in [0.2, 0.25) is 0 Å². The van der Waals surface area contributed by atoms with Crippen LogP contribution >= 0.6 is 45.9 Å². The molecule has 0 saturated heterocycles. The van der Waals surface area contributed by atoms with Crippen molar-refractivity contribution in [3.8, 4) is 0 Å². The van der Waals surface area contributed by atoms with Crippen LogP contribution in [0.25, 0.3) is 9.66 Å². The Morgan fingerprint density at radius 1 is 1.00 bits per heavy atom. The molecule has 0 saturated carbocycles. The molecule has 0 aromatic carbocycles. The van der Waals surface area contributed by atoms with Crippen LogP contribution in [0, 0.1) is 0 Å². The van der Waals surface area contributed by atoms with Gasteiger partial charge in [-0.1, -0.05) is 45.9 Å². The maximum absolute atomic E-state index is 5.61. The lowest BCUT2D eigenvalue weighted by atomic mass is 10.9. The zero-order chi connectivity index (χ0) is 7.14. The highest BCUT2D eigenvalue weighted by molar-refractivity contribution is 7.40. The SMILES string of the molecule is Clc1nc2nc(Cl)sc2s1. The summed E-state index contributed by atoms with van der Waals surface area (Å²) in [6.07, 6.45) is 0. The predicted octanol–water partition coefficient (Wildman–Crippen LogP) is 3.06. The Morgan fingerprint density at radius 3 is 1.90 bits per heavy atom. The van der Waals surface area contributed by atoms with Crippen molar-refractivity contribution in [3.05, 3.63) is 8.93 Å². The minimum atomic E-state index is 0.519. The van der Waals surface area contributed by atoms with Gasteiger partial charge in [0.25, 0.3) is 0 Å². The molecule has 0 amide bonds. The Hall–Kier alpha value is 0.100. The number of fused-ring (bicyclic) bond motifs is 1. The Kier molecular flexibility index (Phi) is 1.56. The highest BCUT2D eigenvalue weighted by Gasteiger charge is 2.06. The van der Waals surface area contributed by atoms with E-state index < -0.39 is 0 Å². The van der Waals surface area contributed by atoms with Crippen LogP contribution in [0.5, 0.6) is 0 Å². The molecule has 2 aromatic heterocycles. The van der Waals surface area contributed by atoms with Crippen LogP contribution < -0.4 is 0 Å². The molecular weight excluding hydrogens is 211 g/mol. The van der Waals surface area contributed by atoms with E-state index in [1.807, 2.05) is 0 Å². The van der Waals surface area contributed by atoms with Crippen LogP contribution in [-0.2, 0) is 0 Å². The average molecular weight is 211 g/mol. The van der Waals surface area contributed by atoms with Crippen molar-refractivity contribution in [2.45, 2.75) is 0 Å². The first-order valence-electron chi connectivity index (χ1n) is 2.34. The molecule has 2 aromatic rings. The van der Waals surface area contributed by atoms with E-state index in [-0.39, 0.29) is 0 Å². The highest BCUT2D eigenvalue weighted by atomic mass is 35.5. The molecule has 2 heterocycles. The van der Waals surface area contributed by atoms with Crippen molar-refractivity contribution in [2.24, 2.45) is 0 Å². The standard InChI is InChI=1S/C4Cl2N2S2/c5-3-7-1-2(9-3)10-4(6)8-1. The van der Waals surface area contributed by atoms with Crippen molar-refractivity contribution in [2.75, 3.05) is 0 Å². The molecule has 52 valence electrons. The smallest absolute Gasteiger partial charge is 0.187 e. The van der Waals surface area contributed by atoms with Gasteiger partial charge in [0.1, 0.15) is 4.01 Å². The number of thiazole rings is 2. The highest BCUT2D eigenvalue weighted by Crippen LogP contribution is 2.32. The zero-order valence-corrected chi connectivity index (χ0v) is 7.61. The van der Waals surface area contributed by atoms with E-state index in [0.717, 1.165) is 4.01 Å². The second-order valence-corrected chi connectivity index (χ2v) is 4.97. The summed E-state index contributed by atoms with van der Waals surface area (Å²) >= 11 is 14.0. The van der Waals surface area contributed by atoms with E-state index in [4.69, 9.17) is 23.2 Å². The molecule has 2 rings (SSSR count). The van der Waals surface area contributed by atoms with E-state index in [1.54, 1.807) is 0 Å². The van der Waals surface area contributed by atoms with Crippen molar-refractivity contribution in [1.29, 1.82) is 0 Å². The molecule has 10 heavy (non-hydrogen) atoms. The third-order valence-electron chi connectivity index (χ3n) is 0.924. The number of hydrogen-bond acceptors (Lipinski definition) is 4. The minimum absolute atomic E-state index is 0.519. The zero-order valence-electron chi connectivity index (χ0n) is 4.47. The van der Waals surface area contributed by atoms with Crippen LogP contribution in [0.2, 0.25) is 8.93 Å². The summed E-state index contributed by atoms with van der Waals surface area (Å²) in [5.41, 5.74) is 0.657. The Morgan fingerprint density at radius 2 is 1.50 bits per heavy atom. The summed E-state index contributed by atoms with van der Waals surface area (Å²) in [6.45, 7) is 0. The fourth-order valence-electron chi connectivity index (χ4n) is 0.594. The second kappa shape index (κ2) is 2.30. The number of aromatic nitrogens is 2. The molecule has 6 heteroatoms. The average Bonchev–Trinajstić information content (AvgIpc) is 2.21. The van der Waals surface area contributed by atoms with Gasteiger partial charge in [0, 0.05) is 0 Å². The summed E-state index contributed by atoms with van der Waals surface area (Å²) in [4.78, 5) is 7.87. The van der Waals surface area contributed by atoms with Gasteiger partial charge in [0.15, 0.2) is 14.6 Å². The van der Waals surface area contributed by atoms with E-state index >= 15 is 0 Å². The van der Waals surface area contributed by atoms with Gasteiger partial charge in [-0.3, -0.25) is 0 Å². The molecule has 0 aliphatic heterocycles. The van der Waals surface area contributed by atoms with E-state index in [2.05, 4.69) is 9.97 Å². The van der Waals surface area contributed by atoms with Gasteiger partial charge < -0.3 is 0 Å². The van der Waals surface area contributed by atoms with Crippen molar-refractivity contribution in [3.63, 3.8) is 0 Å². The number of rotatable bonds is 0. The lowest BCUT2D eigenvalue weighted by Gasteiger charge is -1.70. The Balaban J connectivity index is 2.83. The van der Waals surface area contributed by atoms with Crippen LogP contribution in [0.15, 0.2) is 0 Å². The van der Waals surface area contributed by atoms with Gasteiger partial charge in [-0.2, -0.15) is 0 Å². The van der Waals surface area contributed by atoms with Gasteiger partial charge in [-0.15, -0.1) is 0 Å². The quantitative estimate of drug-likeness (QED) is 0.669. The summed E-state index contributed by atoms with van der Waals surface area (Å²) < 4.78 is 2.02. The minimum Gasteiger partial charge on any atom is -0.204 e. The van der Waals surface area contributed by atoms with Gasteiger partial charge in [0.05, 0.1) is 0 Å². The third kappa shape index (κ3) is 1.01. The molecule has 2 nitrogen and oxygen atoms in total. The fourth-order valence-corrected chi connectivity index (χ4v) is 3.07. The molecule has 0 atom stereocenters. The maximum Gasteiger partial charge on any atom is 0.187 e. The number of nitrogens with zero attached hydrogens (tertiary/aromatic N) is 2. The first kappa shape index (κ1) is 6.79. The Labute approximate surface area is 74.4 Å². The molecule has 0 aliphatic carbocycles. The normalized spacial score (nSPS) is 11.0. The van der Waals surface area contributed by atoms with E-state index in [1.165, 1.54) is 22.7 Å². The van der Waals surface area contributed by atoms with Crippen LogP contribution in [0.4, 0.5) is 0 Å². The van der Waals surface area contributed by atoms with Crippen molar-refractivity contribution in [1.82, 2.24) is 9.97 Å². The predicted molar refractivity (Wildman–Crippen MR) is 45.3 cm³/mol. The number of halogens is 2. The van der Waals surface area contributed by atoms with Crippen molar-refractivity contribution < 1.29 is 0 Å². The first-order valence-corrected chi connectivity index (χ1v) is 4.73. The second-order valence-electron chi connectivity index (χ2n) is 1.54. The maximum atomic E-state index is 5.61. The molecule has 0 spiro atoms. The van der Waals surface area contributed by atoms with Crippen molar-refractivity contribution >= 4 is 55.5 Å². The molecule has 0 unspecified atom stereocenters. The fraction of sp³-hybridized carbons (Fsp3) is 0. The molecule has 0 N–H and O–H groups in total. The molecule has 0 fully saturated rings. The largest absolute Gasteiger partial charge is 0.204 e. The van der Waals surface area contributed by atoms with Gasteiger partial charge in [-0.25, -0.2) is 9.97 Å². The van der Waals surface area contributed by atoms with Gasteiger partial charge in [-0.05, 0) is 0 Å². The number of hydrogen-bond donors (Lipinski definition) is 0. The lowest BCUT2D eigenvalue weighted by Crippen LogP contribution is -1.63. The summed E-state index contributed by atoms with van der Waals surface area (Å²) in [6, 6.07) is 0. The lowest BCUT2D eigenvalue weighted by molar-refractivity contribution is 1.37. The first-order chi connectivity index (χ1) is 4.75. The van der Waals surface area contributed by atoms with E-state index in [0.29, 0.717) is 14.6 Å². The molecule has 0 aliphatic rings. The van der Waals surface area contributed by atoms with E-state index in [9.17, 15) is 0 Å². The van der Waals surface area contributed by atoms with Gasteiger partial charge >= 0.3 is 0 Å². The monoisotopic (exact) mass is 210 g/mol. The summed E-state index contributed by atoms with van der Waals surface area (Å²) in [7, 11) is 0. The van der Waals surface area contributed by atoms with Crippen LogP contribution in [-0.4, -0.2) is 9.97 Å². The molecule has 0 bridgehead atoms. The summed E-state index contributed by atoms with van der Waals surface area (Å²) in [5, 5.41) is 0. The Bertz CT molecular complexity index is 303. The van der Waals surface area contributed by atoms with Crippen LogP contribution in [0.3, 0.4) is 0 Å². The third-order valence-corrected chi connectivity index (χ3v) is 3.31. The molecule has 0 radical (unpaired) electrons. The van der Waals surface area contributed by atoms with Crippen LogP contribution in [0.1, 0.15) is 0 Å².